The number of β-amino-alcohol motifs (C(OH)–C–C–N with tert-alkyl or cyclic N) is 1. The Kier molecular flexibility index (Phi) is 4.03. The van der Waals surface area contributed by atoms with Gasteiger partial charge in [-0.1, -0.05) is 11.6 Å². The van der Waals surface area contributed by atoms with E-state index in [2.05, 4.69) is 11.4 Å². The number of Topliss-reactive ketones (excluding diaryl/α,β-unsaturated/α-hetero) is 1. The van der Waals surface area contributed by atoms with Crippen molar-refractivity contribution in [2.45, 2.75) is 38.8 Å². The van der Waals surface area contributed by atoms with E-state index in [0.717, 1.165) is 39.8 Å². The van der Waals surface area contributed by atoms with Gasteiger partial charge in [-0.2, -0.15) is 0 Å². The van der Waals surface area contributed by atoms with Crippen LogP contribution in [-0.2, 0) is 17.8 Å². The van der Waals surface area contributed by atoms with Crippen molar-refractivity contribution in [1.29, 1.82) is 0 Å². The number of aryl methyl sites for hydroxylation is 2. The first-order valence-electron chi connectivity index (χ1n) is 8.87. The zero-order valence-electron chi connectivity index (χ0n) is 14.6. The van der Waals surface area contributed by atoms with Gasteiger partial charge in [-0.15, -0.1) is 0 Å². The molecule has 1 fully saturated rings. The van der Waals surface area contributed by atoms with E-state index in [-0.39, 0.29) is 31.3 Å². The number of aliphatic hydroxyl groups excluding tert-OH is 1. The van der Waals surface area contributed by atoms with E-state index < -0.39 is 12.1 Å². The number of carbonyl (C=O) groups is 3. The molecule has 1 aliphatic heterocycles. The summed E-state index contributed by atoms with van der Waals surface area (Å²) in [4.78, 5) is 37.0. The second-order valence-corrected chi connectivity index (χ2v) is 7.05. The highest BCUT2D eigenvalue weighted by Crippen LogP contribution is 2.33. The minimum Gasteiger partial charge on any atom is -0.389 e. The monoisotopic (exact) mass is 355 g/mol. The number of fused-ring (bicyclic) bond motifs is 3. The molecule has 0 radical (unpaired) electrons. The molecule has 136 valence electrons. The molecule has 1 atom stereocenters. The normalized spacial score (nSPS) is 18.4. The molecule has 2 heterocycles. The second-order valence-electron chi connectivity index (χ2n) is 7.05. The first-order chi connectivity index (χ1) is 12.5. The lowest BCUT2D eigenvalue weighted by Crippen LogP contribution is -2.39. The SMILES string of the molecule is Cc1ccc2c(c1)c1c(n2C[C@@H](O)CN2C(=O)CNC2=O)C(=O)CCC1. The van der Waals surface area contributed by atoms with Gasteiger partial charge < -0.3 is 15.0 Å². The van der Waals surface area contributed by atoms with Crippen LogP contribution in [0, 0.1) is 6.92 Å². The topological polar surface area (TPSA) is 91.6 Å². The Hall–Kier alpha value is -2.67. The largest absolute Gasteiger partial charge is 0.389 e. The number of nitrogens with zero attached hydrogens (tertiary/aromatic N) is 2. The summed E-state index contributed by atoms with van der Waals surface area (Å²) in [5, 5.41) is 14.0. The summed E-state index contributed by atoms with van der Waals surface area (Å²) >= 11 is 0. The lowest BCUT2D eigenvalue weighted by molar-refractivity contribution is -0.126. The predicted octanol–water partition coefficient (Wildman–Crippen LogP) is 1.38. The van der Waals surface area contributed by atoms with Crippen LogP contribution < -0.4 is 5.32 Å². The van der Waals surface area contributed by atoms with E-state index >= 15 is 0 Å². The van der Waals surface area contributed by atoms with Crippen LogP contribution in [0.25, 0.3) is 10.9 Å². The van der Waals surface area contributed by atoms with Gasteiger partial charge in [0.2, 0.25) is 5.91 Å². The average Bonchev–Trinajstić information content (AvgIpc) is 3.08. The van der Waals surface area contributed by atoms with E-state index in [1.165, 1.54) is 0 Å². The zero-order valence-corrected chi connectivity index (χ0v) is 14.6. The Morgan fingerprint density at radius 2 is 2.00 bits per heavy atom. The molecule has 26 heavy (non-hydrogen) atoms. The van der Waals surface area contributed by atoms with Gasteiger partial charge in [-0.25, -0.2) is 4.79 Å². The maximum Gasteiger partial charge on any atom is 0.324 e. The van der Waals surface area contributed by atoms with Gasteiger partial charge in [0.25, 0.3) is 0 Å². The van der Waals surface area contributed by atoms with Crippen LogP contribution in [-0.4, -0.2) is 51.5 Å². The minimum atomic E-state index is -0.946. The van der Waals surface area contributed by atoms with E-state index in [0.29, 0.717) is 12.1 Å². The van der Waals surface area contributed by atoms with Crippen molar-refractivity contribution in [2.75, 3.05) is 13.1 Å². The van der Waals surface area contributed by atoms with Gasteiger partial charge in [0.15, 0.2) is 5.78 Å². The number of aromatic nitrogens is 1. The van der Waals surface area contributed by atoms with Crippen LogP contribution in [0.3, 0.4) is 0 Å². The maximum atomic E-state index is 12.6. The number of hydrogen-bond acceptors (Lipinski definition) is 4. The van der Waals surface area contributed by atoms with Gasteiger partial charge in [0.05, 0.1) is 31.4 Å². The Bertz CT molecular complexity index is 914. The molecule has 0 spiro atoms. The fourth-order valence-electron chi connectivity index (χ4n) is 3.96. The van der Waals surface area contributed by atoms with Crippen molar-refractivity contribution < 1.29 is 19.5 Å². The highest BCUT2D eigenvalue weighted by molar-refractivity contribution is 6.04. The van der Waals surface area contributed by atoms with Gasteiger partial charge in [0, 0.05) is 17.3 Å². The van der Waals surface area contributed by atoms with Crippen LogP contribution in [0.2, 0.25) is 0 Å². The Labute approximate surface area is 150 Å². The van der Waals surface area contributed by atoms with Crippen molar-refractivity contribution in [2.24, 2.45) is 0 Å². The molecule has 7 nitrogen and oxygen atoms in total. The number of amides is 3. The van der Waals surface area contributed by atoms with E-state index in [9.17, 15) is 19.5 Å². The molecule has 2 aliphatic rings. The summed E-state index contributed by atoms with van der Waals surface area (Å²) in [6, 6.07) is 5.54. The molecule has 2 aromatic rings. The molecule has 3 amide bonds. The summed E-state index contributed by atoms with van der Waals surface area (Å²) in [5.41, 5.74) is 3.73. The third-order valence-corrected chi connectivity index (χ3v) is 5.14. The molecule has 1 saturated heterocycles. The first kappa shape index (κ1) is 16.8. The van der Waals surface area contributed by atoms with Crippen LogP contribution in [0.1, 0.15) is 34.5 Å². The molecule has 0 unspecified atom stereocenters. The first-order valence-corrected chi connectivity index (χ1v) is 8.87. The average molecular weight is 355 g/mol. The van der Waals surface area contributed by atoms with Gasteiger partial charge in [-0.3, -0.25) is 14.5 Å². The lowest BCUT2D eigenvalue weighted by atomic mass is 9.94. The van der Waals surface area contributed by atoms with Crippen LogP contribution in [0.15, 0.2) is 18.2 Å². The van der Waals surface area contributed by atoms with Gasteiger partial charge in [0.1, 0.15) is 0 Å². The molecule has 0 bridgehead atoms. The summed E-state index contributed by atoms with van der Waals surface area (Å²) < 4.78 is 1.86. The van der Waals surface area contributed by atoms with Crippen molar-refractivity contribution in [3.8, 4) is 0 Å². The molecule has 2 N–H and O–H groups in total. The van der Waals surface area contributed by atoms with E-state index in [4.69, 9.17) is 0 Å². The number of urea groups is 1. The van der Waals surface area contributed by atoms with Crippen LogP contribution in [0.5, 0.6) is 0 Å². The number of aliphatic hydroxyl groups is 1. The molecule has 1 aromatic carbocycles. The Balaban J connectivity index is 1.70. The predicted molar refractivity (Wildman–Crippen MR) is 95.1 cm³/mol. The summed E-state index contributed by atoms with van der Waals surface area (Å²) in [5.74, 6) is -0.262. The molecule has 4 rings (SSSR count). The number of rotatable bonds is 4. The maximum absolute atomic E-state index is 12.6. The number of carbonyl (C=O) groups excluding carboxylic acids is 3. The van der Waals surface area contributed by atoms with Crippen molar-refractivity contribution in [1.82, 2.24) is 14.8 Å². The summed E-state index contributed by atoms with van der Waals surface area (Å²) in [6.45, 7) is 2.06. The second kappa shape index (κ2) is 6.25. The lowest BCUT2D eigenvalue weighted by Gasteiger charge is -2.20. The molecular formula is C19H21N3O4. The summed E-state index contributed by atoms with van der Waals surface area (Å²) in [6.07, 6.45) is 1.24. The number of imide groups is 1. The van der Waals surface area contributed by atoms with Gasteiger partial charge in [-0.05, 0) is 37.5 Å². The fourth-order valence-corrected chi connectivity index (χ4v) is 3.96. The standard InChI is InChI=1S/C19H21N3O4/c1-11-5-6-15-14(7-11)13-3-2-4-16(24)18(13)21(15)9-12(23)10-22-17(25)8-20-19(22)26/h5-7,12,23H,2-4,8-10H2,1H3,(H,20,26)/t12-/m1/s1. The molecular weight excluding hydrogens is 334 g/mol. The van der Waals surface area contributed by atoms with Gasteiger partial charge >= 0.3 is 6.03 Å². The summed E-state index contributed by atoms with van der Waals surface area (Å²) in [7, 11) is 0. The van der Waals surface area contributed by atoms with E-state index in [1.54, 1.807) is 0 Å². The molecule has 0 saturated carbocycles. The third-order valence-electron chi connectivity index (χ3n) is 5.14. The quantitative estimate of drug-likeness (QED) is 0.811. The smallest absolute Gasteiger partial charge is 0.324 e. The minimum absolute atomic E-state index is 0.0365. The Morgan fingerprint density at radius 3 is 2.73 bits per heavy atom. The number of benzene rings is 1. The number of nitrogens with one attached hydrogen (secondary N) is 1. The van der Waals surface area contributed by atoms with Crippen molar-refractivity contribution in [3.05, 3.63) is 35.0 Å². The highest BCUT2D eigenvalue weighted by Gasteiger charge is 2.32. The number of ketones is 1. The highest BCUT2D eigenvalue weighted by atomic mass is 16.3. The molecule has 1 aromatic heterocycles. The zero-order chi connectivity index (χ0) is 18.4. The van der Waals surface area contributed by atoms with Crippen molar-refractivity contribution >= 4 is 28.6 Å². The third kappa shape index (κ3) is 2.68. The Morgan fingerprint density at radius 1 is 1.19 bits per heavy atom. The fraction of sp³-hybridized carbons (Fsp3) is 0.421. The van der Waals surface area contributed by atoms with E-state index in [1.807, 2.05) is 23.6 Å². The molecule has 1 aliphatic carbocycles. The molecule has 7 heteroatoms. The van der Waals surface area contributed by atoms with Crippen LogP contribution in [0.4, 0.5) is 4.79 Å². The number of hydrogen-bond donors (Lipinski definition) is 2. The van der Waals surface area contributed by atoms with Crippen molar-refractivity contribution in [3.63, 3.8) is 0 Å². The van der Waals surface area contributed by atoms with Crippen LogP contribution >= 0.6 is 0 Å².